The molecule has 0 unspecified atom stereocenters. The maximum absolute atomic E-state index is 2.65. The second-order valence-corrected chi connectivity index (χ2v) is 15.9. The Morgan fingerprint density at radius 1 is 0.354 bits per heavy atom. The molecule has 0 N–H and O–H groups in total. The maximum atomic E-state index is 2.65. The maximum Gasteiger partial charge on any atom is 0.256 e. The Labute approximate surface area is 304 Å². The largest absolute Gasteiger partial charge is 0.256 e. The molecule has 1 heterocycles. The molecule has 2 nitrogen and oxygen atoms in total. The third kappa shape index (κ3) is 29.0. The normalized spacial score (nSPS) is 11.6. The highest BCUT2D eigenvalue weighted by Gasteiger charge is 2.16. The Kier molecular flexibility index (Phi) is 35.3. The van der Waals surface area contributed by atoms with Crippen LogP contribution in [0.5, 0.6) is 0 Å². The Bertz CT molecular complexity index is 736. The number of nitrogens with zero attached hydrogens (tertiary/aromatic N) is 2. The van der Waals surface area contributed by atoms with Crippen molar-refractivity contribution >= 4 is 0 Å². The monoisotopic (exact) mass is 672 g/mol. The summed E-state index contributed by atoms with van der Waals surface area (Å²) in [5.41, 5.74) is 0. The lowest BCUT2D eigenvalue weighted by Crippen LogP contribution is -2.37. The van der Waals surface area contributed by atoms with Crippen molar-refractivity contribution < 1.29 is 4.57 Å². The van der Waals surface area contributed by atoms with Crippen molar-refractivity contribution in [1.29, 1.82) is 0 Å². The van der Waals surface area contributed by atoms with Gasteiger partial charge in [0, 0.05) is 6.42 Å². The van der Waals surface area contributed by atoms with Crippen LogP contribution < -0.4 is 4.57 Å². The van der Waals surface area contributed by atoms with Crippen molar-refractivity contribution in [2.75, 3.05) is 0 Å². The molecule has 284 valence electrons. The summed E-state index contributed by atoms with van der Waals surface area (Å²) < 4.78 is 5.29. The highest BCUT2D eigenvalue weighted by atomic mass is 15.1. The predicted molar refractivity (Wildman–Crippen MR) is 216 cm³/mol. The molecule has 0 aliphatic rings. The standard InChI is InChI=1S/C46H91N2/c1-4-7-10-13-16-19-21-23-24-25-26-27-29-31-34-37-40-43-48-45-44-47(42-39-36-33-18-15-12-9-6-3)46(48)41-38-35-32-30-28-22-20-17-14-11-8-5-2/h44-45H,4-43H2,1-3H3/q+1. The Morgan fingerprint density at radius 2 is 0.646 bits per heavy atom. The van der Waals surface area contributed by atoms with Crippen LogP contribution >= 0.6 is 0 Å². The van der Waals surface area contributed by atoms with Crippen LogP contribution in [-0.4, -0.2) is 4.57 Å². The van der Waals surface area contributed by atoms with Gasteiger partial charge in [0.15, 0.2) is 0 Å². The molecule has 1 aromatic heterocycles. The van der Waals surface area contributed by atoms with Gasteiger partial charge in [0.2, 0.25) is 0 Å². The van der Waals surface area contributed by atoms with Crippen LogP contribution in [0.1, 0.15) is 264 Å². The van der Waals surface area contributed by atoms with Gasteiger partial charge in [-0.3, -0.25) is 0 Å². The third-order valence-electron chi connectivity index (χ3n) is 11.1. The van der Waals surface area contributed by atoms with E-state index in [0.29, 0.717) is 0 Å². The van der Waals surface area contributed by atoms with Gasteiger partial charge in [0.25, 0.3) is 5.82 Å². The van der Waals surface area contributed by atoms with E-state index in [0.717, 1.165) is 0 Å². The molecule has 0 bridgehead atoms. The first-order valence-electron chi connectivity index (χ1n) is 22.9. The molecule has 0 saturated carbocycles. The number of imidazole rings is 1. The van der Waals surface area contributed by atoms with Gasteiger partial charge >= 0.3 is 0 Å². The summed E-state index contributed by atoms with van der Waals surface area (Å²) in [5.74, 6) is 1.63. The van der Waals surface area contributed by atoms with E-state index >= 15 is 0 Å². The minimum absolute atomic E-state index is 1.23. The Balaban J connectivity index is 2.22. The van der Waals surface area contributed by atoms with E-state index in [1.165, 1.54) is 257 Å². The van der Waals surface area contributed by atoms with Crippen LogP contribution in [-0.2, 0) is 19.5 Å². The van der Waals surface area contributed by atoms with Crippen LogP contribution in [0.2, 0.25) is 0 Å². The van der Waals surface area contributed by atoms with Crippen LogP contribution in [0.25, 0.3) is 0 Å². The summed E-state index contributed by atoms with van der Waals surface area (Å²) in [5, 5.41) is 0. The number of aryl methyl sites for hydroxylation is 2. The van der Waals surface area contributed by atoms with Crippen molar-refractivity contribution in [3.8, 4) is 0 Å². The fourth-order valence-electron chi connectivity index (χ4n) is 7.74. The second-order valence-electron chi connectivity index (χ2n) is 15.9. The topological polar surface area (TPSA) is 8.81 Å². The van der Waals surface area contributed by atoms with Crippen LogP contribution in [0.15, 0.2) is 12.4 Å². The Hall–Kier alpha value is -0.790. The molecular weight excluding hydrogens is 581 g/mol. The van der Waals surface area contributed by atoms with E-state index in [1.807, 2.05) is 0 Å². The molecule has 1 aromatic rings. The third-order valence-corrected chi connectivity index (χ3v) is 11.1. The van der Waals surface area contributed by atoms with Gasteiger partial charge in [-0.2, -0.15) is 0 Å². The zero-order valence-electron chi connectivity index (χ0n) is 33.8. The van der Waals surface area contributed by atoms with E-state index in [1.54, 1.807) is 5.82 Å². The van der Waals surface area contributed by atoms with Gasteiger partial charge in [0.05, 0.1) is 13.1 Å². The molecule has 0 saturated heterocycles. The molecule has 0 aromatic carbocycles. The first-order chi connectivity index (χ1) is 23.8. The highest BCUT2D eigenvalue weighted by Crippen LogP contribution is 2.16. The average Bonchev–Trinajstić information content (AvgIpc) is 3.48. The lowest BCUT2D eigenvalue weighted by molar-refractivity contribution is -0.704. The predicted octanol–water partition coefficient (Wildman–Crippen LogP) is 15.8. The molecule has 1 rings (SSSR count). The molecule has 0 radical (unpaired) electrons. The van der Waals surface area contributed by atoms with Crippen molar-refractivity contribution in [2.24, 2.45) is 0 Å². The van der Waals surface area contributed by atoms with Crippen molar-refractivity contribution in [2.45, 2.75) is 278 Å². The van der Waals surface area contributed by atoms with E-state index in [9.17, 15) is 0 Å². The first-order valence-corrected chi connectivity index (χ1v) is 22.9. The number of aromatic nitrogens is 2. The Morgan fingerprint density at radius 3 is 1.00 bits per heavy atom. The summed E-state index contributed by atoms with van der Waals surface area (Å²) in [7, 11) is 0. The van der Waals surface area contributed by atoms with Crippen LogP contribution in [0.4, 0.5) is 0 Å². The van der Waals surface area contributed by atoms with Gasteiger partial charge in [-0.1, -0.05) is 226 Å². The van der Waals surface area contributed by atoms with Crippen LogP contribution in [0.3, 0.4) is 0 Å². The summed E-state index contributed by atoms with van der Waals surface area (Å²) in [6, 6.07) is 0. The van der Waals surface area contributed by atoms with E-state index in [4.69, 9.17) is 0 Å². The minimum Gasteiger partial charge on any atom is -0.234 e. The average molecular weight is 672 g/mol. The van der Waals surface area contributed by atoms with Crippen molar-refractivity contribution in [1.82, 2.24) is 4.57 Å². The number of unbranched alkanes of at least 4 members (excludes halogenated alkanes) is 34. The fourth-order valence-corrected chi connectivity index (χ4v) is 7.74. The number of hydrogen-bond acceptors (Lipinski definition) is 0. The minimum atomic E-state index is 1.23. The van der Waals surface area contributed by atoms with Gasteiger partial charge in [-0.15, -0.1) is 0 Å². The molecular formula is C46H91N2+. The van der Waals surface area contributed by atoms with Crippen molar-refractivity contribution in [3.05, 3.63) is 18.2 Å². The quantitative estimate of drug-likeness (QED) is 0.0485. The summed E-state index contributed by atoms with van der Waals surface area (Å²) in [4.78, 5) is 0. The van der Waals surface area contributed by atoms with E-state index in [-0.39, 0.29) is 0 Å². The zero-order valence-corrected chi connectivity index (χ0v) is 33.8. The van der Waals surface area contributed by atoms with Crippen LogP contribution in [0, 0.1) is 0 Å². The highest BCUT2D eigenvalue weighted by molar-refractivity contribution is 4.84. The zero-order chi connectivity index (χ0) is 34.4. The summed E-state index contributed by atoms with van der Waals surface area (Å²) in [6.45, 7) is 9.41. The summed E-state index contributed by atoms with van der Waals surface area (Å²) >= 11 is 0. The molecule has 0 amide bonds. The number of hydrogen-bond donors (Lipinski definition) is 0. The van der Waals surface area contributed by atoms with Gasteiger partial charge in [-0.05, 0) is 32.1 Å². The molecule has 0 atom stereocenters. The van der Waals surface area contributed by atoms with Gasteiger partial charge < -0.3 is 0 Å². The molecule has 0 spiro atoms. The fraction of sp³-hybridized carbons (Fsp3) is 0.935. The lowest BCUT2D eigenvalue weighted by atomic mass is 10.0. The first kappa shape index (κ1) is 45.2. The van der Waals surface area contributed by atoms with Crippen molar-refractivity contribution in [3.63, 3.8) is 0 Å². The van der Waals surface area contributed by atoms with E-state index in [2.05, 4.69) is 42.3 Å². The smallest absolute Gasteiger partial charge is 0.234 e. The molecule has 0 fully saturated rings. The van der Waals surface area contributed by atoms with Gasteiger partial charge in [-0.25, -0.2) is 9.13 Å². The van der Waals surface area contributed by atoms with E-state index < -0.39 is 0 Å². The summed E-state index contributed by atoms with van der Waals surface area (Å²) in [6.07, 6.45) is 59.3. The van der Waals surface area contributed by atoms with Gasteiger partial charge in [0.1, 0.15) is 12.4 Å². The lowest BCUT2D eigenvalue weighted by Gasteiger charge is -2.07. The molecule has 0 aliphatic carbocycles. The SMILES string of the molecule is CCCCCCCCCCCCCCCCCCCn1cc[n+](CCCCCCCCCC)c1CCCCCCCCCCCCCC. The number of rotatable bonds is 40. The molecule has 0 aliphatic heterocycles. The molecule has 2 heteroatoms. The molecule has 48 heavy (non-hydrogen) atoms. The second kappa shape index (κ2) is 37.5.